The van der Waals surface area contributed by atoms with Gasteiger partial charge in [0.2, 0.25) is 0 Å². The van der Waals surface area contributed by atoms with Crippen molar-refractivity contribution in [2.45, 2.75) is 51.9 Å². The summed E-state index contributed by atoms with van der Waals surface area (Å²) in [5.41, 5.74) is -1.18. The second-order valence-electron chi connectivity index (χ2n) is 9.72. The van der Waals surface area contributed by atoms with E-state index in [4.69, 9.17) is 9.31 Å². The van der Waals surface area contributed by atoms with Crippen LogP contribution in [0.2, 0.25) is 0 Å². The van der Waals surface area contributed by atoms with Crippen molar-refractivity contribution in [1.82, 2.24) is 0 Å². The topological polar surface area (TPSA) is 76.0 Å². The van der Waals surface area contributed by atoms with Crippen molar-refractivity contribution in [2.75, 3.05) is 6.61 Å². The maximum Gasteiger partial charge on any atom is 0.438 e. The normalized spacial score (nSPS) is 53.8. The Bertz CT molecular complexity index is 757. The summed E-state index contributed by atoms with van der Waals surface area (Å²) in [5.74, 6) is 0.463. The van der Waals surface area contributed by atoms with Crippen LogP contribution in [-0.4, -0.2) is 48.1 Å². The smallest absolute Gasteiger partial charge is 0.410 e. The van der Waals surface area contributed by atoms with Gasteiger partial charge in [-0.05, 0) is 47.7 Å². The molecule has 0 radical (unpaired) electrons. The van der Waals surface area contributed by atoms with Gasteiger partial charge in [-0.2, -0.15) is 0 Å². The number of allylic oxidation sites excluding steroid dienone is 1. The van der Waals surface area contributed by atoms with E-state index in [1.165, 1.54) is 0 Å². The van der Waals surface area contributed by atoms with Crippen LogP contribution in [0.3, 0.4) is 0 Å². The first kappa shape index (κ1) is 17.2. The van der Waals surface area contributed by atoms with E-state index in [0.717, 1.165) is 12.0 Å². The van der Waals surface area contributed by atoms with Crippen molar-refractivity contribution in [3.05, 3.63) is 23.3 Å². The highest BCUT2D eigenvalue weighted by molar-refractivity contribution is 6.18. The summed E-state index contributed by atoms with van der Waals surface area (Å²) in [6.45, 7) is 8.69. The van der Waals surface area contributed by atoms with Crippen LogP contribution in [0.5, 0.6) is 0 Å². The lowest BCUT2D eigenvalue weighted by molar-refractivity contribution is -0.189. The molecule has 8 atom stereocenters. The van der Waals surface area contributed by atoms with Crippen molar-refractivity contribution >= 4 is 13.5 Å². The van der Waals surface area contributed by atoms with Gasteiger partial charge in [0, 0.05) is 5.92 Å². The van der Waals surface area contributed by atoms with E-state index in [0.29, 0.717) is 18.1 Å². The van der Waals surface area contributed by atoms with Crippen LogP contribution in [0.15, 0.2) is 23.3 Å². The molecule has 0 aromatic heterocycles. The molecule has 4 aliphatic carbocycles. The minimum atomic E-state index is -1.67. The highest BCUT2D eigenvalue weighted by atomic mass is 16.6. The largest absolute Gasteiger partial charge is 0.438 e. The number of rotatable bonds is 0. The summed E-state index contributed by atoms with van der Waals surface area (Å²) in [4.78, 5) is 14.0. The zero-order valence-corrected chi connectivity index (χ0v) is 15.9. The Morgan fingerprint density at radius 3 is 2.81 bits per heavy atom. The van der Waals surface area contributed by atoms with Crippen LogP contribution in [0, 0.1) is 34.5 Å². The van der Waals surface area contributed by atoms with E-state index in [9.17, 15) is 15.0 Å². The lowest BCUT2D eigenvalue weighted by atomic mass is 9.59. The number of ketones is 1. The van der Waals surface area contributed by atoms with E-state index < -0.39 is 23.2 Å². The first-order chi connectivity index (χ1) is 12.2. The van der Waals surface area contributed by atoms with Gasteiger partial charge in [0.05, 0.1) is 18.1 Å². The van der Waals surface area contributed by atoms with Gasteiger partial charge in [0.25, 0.3) is 0 Å². The highest BCUT2D eigenvalue weighted by Crippen LogP contribution is 2.71. The monoisotopic (exact) mass is 358 g/mol. The molecular formula is C20H27BO5. The first-order valence-electron chi connectivity index (χ1n) is 9.71. The zero-order chi connectivity index (χ0) is 18.6. The number of fused-ring (bicyclic) bond motifs is 5. The maximum absolute atomic E-state index is 14.0. The molecule has 0 aromatic carbocycles. The lowest BCUT2D eigenvalue weighted by Crippen LogP contribution is -2.66. The van der Waals surface area contributed by atoms with Crippen molar-refractivity contribution < 1.29 is 24.3 Å². The van der Waals surface area contributed by atoms with Gasteiger partial charge in [-0.15, -0.1) is 0 Å². The Hall–Kier alpha value is -0.945. The van der Waals surface area contributed by atoms with Crippen LogP contribution in [0.25, 0.3) is 0 Å². The Morgan fingerprint density at radius 1 is 1.35 bits per heavy atom. The van der Waals surface area contributed by atoms with Crippen LogP contribution >= 0.6 is 0 Å². The minimum absolute atomic E-state index is 0.0481. The highest BCUT2D eigenvalue weighted by Gasteiger charge is 2.76. The second-order valence-corrected chi connectivity index (χ2v) is 9.72. The van der Waals surface area contributed by atoms with Gasteiger partial charge >= 0.3 is 7.69 Å². The molecule has 2 saturated carbocycles. The van der Waals surface area contributed by atoms with Crippen LogP contribution in [0.1, 0.15) is 34.1 Å². The van der Waals surface area contributed by atoms with E-state index in [1.54, 1.807) is 6.92 Å². The number of Topliss-reactive ketones (excluding diaryl/α,β-unsaturated/α-hetero) is 1. The second kappa shape index (κ2) is 4.91. The molecule has 3 fully saturated rings. The Kier molecular flexibility index (Phi) is 3.24. The molecule has 0 aromatic rings. The molecule has 1 saturated heterocycles. The first-order valence-corrected chi connectivity index (χ1v) is 9.71. The molecule has 1 aliphatic heterocycles. The molecule has 5 rings (SSSR count). The molecule has 2 N–H and O–H groups in total. The van der Waals surface area contributed by atoms with E-state index >= 15 is 0 Å². The number of carbonyl (C=O) groups is 1. The maximum atomic E-state index is 14.0. The van der Waals surface area contributed by atoms with Gasteiger partial charge in [-0.3, -0.25) is 4.79 Å². The third kappa shape index (κ3) is 1.67. The lowest BCUT2D eigenvalue weighted by Gasteiger charge is -2.50. The number of aliphatic hydroxyl groups excluding tert-OH is 1. The fourth-order valence-electron chi connectivity index (χ4n) is 6.90. The number of hydrogen-bond acceptors (Lipinski definition) is 5. The predicted octanol–water partition coefficient (Wildman–Crippen LogP) is 1.14. The summed E-state index contributed by atoms with van der Waals surface area (Å²) >= 11 is 0. The molecular weight excluding hydrogens is 331 g/mol. The fourth-order valence-corrected chi connectivity index (χ4v) is 6.90. The predicted molar refractivity (Wildman–Crippen MR) is 96.2 cm³/mol. The van der Waals surface area contributed by atoms with Gasteiger partial charge in [-0.1, -0.05) is 32.9 Å². The fraction of sp³-hybridized carbons (Fsp3) is 0.750. The Morgan fingerprint density at radius 2 is 2.08 bits per heavy atom. The van der Waals surface area contributed by atoms with Crippen molar-refractivity contribution in [3.63, 3.8) is 0 Å². The summed E-state index contributed by atoms with van der Waals surface area (Å²) < 4.78 is 11.3. The molecule has 6 heteroatoms. The Balaban J connectivity index is 1.78. The summed E-state index contributed by atoms with van der Waals surface area (Å²) in [6, 6.07) is 0. The van der Waals surface area contributed by atoms with Gasteiger partial charge in [-0.25, -0.2) is 0 Å². The van der Waals surface area contributed by atoms with Crippen LogP contribution in [-0.2, 0) is 14.1 Å². The van der Waals surface area contributed by atoms with E-state index in [-0.39, 0.29) is 36.6 Å². The third-order valence-electron chi connectivity index (χ3n) is 8.30. The minimum Gasteiger partial charge on any atom is -0.410 e. The molecule has 0 amide bonds. The quantitative estimate of drug-likeness (QED) is 0.502. The Labute approximate surface area is 154 Å². The van der Waals surface area contributed by atoms with E-state index in [2.05, 4.69) is 20.8 Å². The molecule has 140 valence electrons. The molecule has 26 heavy (non-hydrogen) atoms. The van der Waals surface area contributed by atoms with Gasteiger partial charge < -0.3 is 19.5 Å². The standard InChI is InChI=1S/C20H27BO5/c1-9-7-19-10(2)5-13-14(18(13,3)4)12(16(19)23)6-11-8-25-21-26-17(11)20(19,24)15(9)22/h6-7,10,12-15,17,21-22,24H,5,8H2,1-4H3/t10?,12-,13+,14-,15-,17+,19+,20+/m0/s1. The van der Waals surface area contributed by atoms with Crippen molar-refractivity contribution in [2.24, 2.45) is 34.5 Å². The molecule has 5 aliphatic rings. The number of aliphatic hydroxyl groups is 2. The SMILES string of the molecule is CC1=C[C@@]23C(=O)[C@@H](C=C4COBO[C@H]4[C@]2(O)[C@H]1O)[C@H]1[C@@H](CC3C)C1(C)C. The van der Waals surface area contributed by atoms with Crippen LogP contribution < -0.4 is 0 Å². The molecule has 1 spiro atoms. The van der Waals surface area contributed by atoms with Gasteiger partial charge in [0.1, 0.15) is 11.7 Å². The number of carbonyl (C=O) groups excluding carboxylic acids is 1. The summed E-state index contributed by atoms with van der Waals surface area (Å²) in [5, 5.41) is 23.0. The van der Waals surface area contributed by atoms with Crippen molar-refractivity contribution in [3.8, 4) is 0 Å². The number of hydrogen-bond donors (Lipinski definition) is 2. The molecule has 1 unspecified atom stereocenters. The summed E-state index contributed by atoms with van der Waals surface area (Å²) in [7, 11) is 0.0664. The average molecular weight is 358 g/mol. The average Bonchev–Trinajstić information content (AvgIpc) is 3.10. The third-order valence-corrected chi connectivity index (χ3v) is 8.30. The zero-order valence-electron chi connectivity index (χ0n) is 15.9. The van der Waals surface area contributed by atoms with Crippen molar-refractivity contribution in [1.29, 1.82) is 0 Å². The van der Waals surface area contributed by atoms with Gasteiger partial charge in [0.15, 0.2) is 5.78 Å². The van der Waals surface area contributed by atoms with E-state index in [1.807, 2.05) is 12.2 Å². The molecule has 1 heterocycles. The summed E-state index contributed by atoms with van der Waals surface area (Å²) in [6.07, 6.45) is 2.93. The molecule has 2 bridgehead atoms. The van der Waals surface area contributed by atoms with Crippen LogP contribution in [0.4, 0.5) is 0 Å². The molecule has 5 nitrogen and oxygen atoms in total.